The Labute approximate surface area is 210 Å². The molecule has 2 aromatic carbocycles. The van der Waals surface area contributed by atoms with Gasteiger partial charge in [-0.15, -0.1) is 0 Å². The van der Waals surface area contributed by atoms with Crippen molar-refractivity contribution in [2.45, 2.75) is 25.8 Å². The number of para-hydroxylation sites is 1. The van der Waals surface area contributed by atoms with Crippen LogP contribution in [0.2, 0.25) is 0 Å². The van der Waals surface area contributed by atoms with Gasteiger partial charge < -0.3 is 15.0 Å². The van der Waals surface area contributed by atoms with Crippen molar-refractivity contribution >= 4 is 22.7 Å². The maximum absolute atomic E-state index is 13.4. The first-order chi connectivity index (χ1) is 17.6. The normalized spacial score (nSPS) is 14.0. The molecular weight excluding hydrogens is 452 g/mol. The molecule has 0 aliphatic carbocycles. The van der Waals surface area contributed by atoms with Gasteiger partial charge in [0, 0.05) is 48.0 Å². The maximum atomic E-state index is 13.4. The van der Waals surface area contributed by atoms with Crippen molar-refractivity contribution in [3.05, 3.63) is 90.3 Å². The summed E-state index contributed by atoms with van der Waals surface area (Å²) in [5.74, 6) is 0.635. The van der Waals surface area contributed by atoms with Crippen LogP contribution in [0.15, 0.2) is 79.1 Å². The second-order valence-electron chi connectivity index (χ2n) is 8.81. The van der Waals surface area contributed by atoms with E-state index in [2.05, 4.69) is 10.3 Å². The lowest BCUT2D eigenvalue weighted by molar-refractivity contribution is 0.0698. The van der Waals surface area contributed by atoms with Gasteiger partial charge in [0.25, 0.3) is 11.8 Å². The molecule has 7 heteroatoms. The number of hydrogen-bond acceptors (Lipinski definition) is 5. The highest BCUT2D eigenvalue weighted by Crippen LogP contribution is 2.25. The molecule has 36 heavy (non-hydrogen) atoms. The number of fused-ring (bicyclic) bond motifs is 1. The molecule has 3 heterocycles. The van der Waals surface area contributed by atoms with Crippen molar-refractivity contribution in [3.8, 4) is 17.0 Å². The summed E-state index contributed by atoms with van der Waals surface area (Å²) in [6, 6.07) is 20.5. The van der Waals surface area contributed by atoms with Crippen LogP contribution in [-0.2, 0) is 0 Å². The van der Waals surface area contributed by atoms with Gasteiger partial charge in [-0.1, -0.05) is 18.2 Å². The fraction of sp³-hybridized carbons (Fsp3) is 0.241. The third-order valence-corrected chi connectivity index (χ3v) is 6.47. The van der Waals surface area contributed by atoms with Gasteiger partial charge in [-0.05, 0) is 68.3 Å². The van der Waals surface area contributed by atoms with Crippen LogP contribution >= 0.6 is 0 Å². The van der Waals surface area contributed by atoms with Crippen LogP contribution in [0.4, 0.5) is 0 Å². The van der Waals surface area contributed by atoms with E-state index in [9.17, 15) is 9.59 Å². The summed E-state index contributed by atoms with van der Waals surface area (Å²) in [6.07, 6.45) is 4.84. The number of rotatable bonds is 6. The minimum absolute atomic E-state index is 0.00168. The number of aromatic nitrogens is 2. The number of amides is 2. The second-order valence-corrected chi connectivity index (χ2v) is 8.81. The molecule has 1 aliphatic heterocycles. The number of hydrogen-bond donors (Lipinski definition) is 1. The Hall–Kier alpha value is -4.26. The smallest absolute Gasteiger partial charge is 0.253 e. The molecule has 0 unspecified atom stereocenters. The predicted octanol–water partition coefficient (Wildman–Crippen LogP) is 4.73. The number of nitrogens with zero attached hydrogens (tertiary/aromatic N) is 3. The van der Waals surface area contributed by atoms with Gasteiger partial charge in [-0.3, -0.25) is 14.6 Å². The fourth-order valence-corrected chi connectivity index (χ4v) is 4.57. The number of benzene rings is 2. The minimum atomic E-state index is -0.125. The van der Waals surface area contributed by atoms with E-state index < -0.39 is 0 Å². The lowest BCUT2D eigenvalue weighted by Gasteiger charge is -2.32. The molecule has 0 radical (unpaired) electrons. The van der Waals surface area contributed by atoms with E-state index in [4.69, 9.17) is 9.72 Å². The molecule has 1 saturated heterocycles. The van der Waals surface area contributed by atoms with Crippen LogP contribution in [0, 0.1) is 0 Å². The Balaban J connectivity index is 1.27. The van der Waals surface area contributed by atoms with Crippen LogP contribution in [-0.4, -0.2) is 52.4 Å². The molecule has 1 aliphatic rings. The van der Waals surface area contributed by atoms with Crippen LogP contribution in [0.1, 0.15) is 40.5 Å². The molecule has 0 bridgehead atoms. The zero-order valence-electron chi connectivity index (χ0n) is 20.2. The first kappa shape index (κ1) is 23.5. The van der Waals surface area contributed by atoms with Gasteiger partial charge in [0.15, 0.2) is 0 Å². The van der Waals surface area contributed by atoms with Gasteiger partial charge in [0.05, 0.1) is 23.4 Å². The molecule has 7 nitrogen and oxygen atoms in total. The third kappa shape index (κ3) is 5.05. The average molecular weight is 481 g/mol. The molecule has 0 spiro atoms. The molecule has 0 saturated carbocycles. The zero-order valence-corrected chi connectivity index (χ0v) is 20.2. The van der Waals surface area contributed by atoms with Crippen LogP contribution in [0.25, 0.3) is 22.2 Å². The second kappa shape index (κ2) is 10.6. The number of nitrogens with one attached hydrogen (secondary N) is 1. The van der Waals surface area contributed by atoms with Crippen molar-refractivity contribution in [2.24, 2.45) is 0 Å². The van der Waals surface area contributed by atoms with Crippen molar-refractivity contribution in [1.29, 1.82) is 0 Å². The number of carbonyl (C=O) groups is 2. The Morgan fingerprint density at radius 1 is 1.00 bits per heavy atom. The van der Waals surface area contributed by atoms with Crippen LogP contribution < -0.4 is 10.1 Å². The van der Waals surface area contributed by atoms with Gasteiger partial charge in [0.2, 0.25) is 0 Å². The number of carbonyl (C=O) groups excluding carboxylic acids is 2. The highest BCUT2D eigenvalue weighted by atomic mass is 16.5. The van der Waals surface area contributed by atoms with Crippen molar-refractivity contribution < 1.29 is 14.3 Å². The van der Waals surface area contributed by atoms with E-state index in [0.717, 1.165) is 27.9 Å². The SMILES string of the molecule is CCOc1ccc(C(=O)N2CCC(NC(=O)c3cc(-c4ccncc4)nc4ccccc34)CC2)cc1. The van der Waals surface area contributed by atoms with Crippen LogP contribution in [0.3, 0.4) is 0 Å². The summed E-state index contributed by atoms with van der Waals surface area (Å²) in [7, 11) is 0. The molecule has 5 rings (SSSR count). The Morgan fingerprint density at radius 2 is 1.72 bits per heavy atom. The number of piperidine rings is 1. The molecule has 1 fully saturated rings. The lowest BCUT2D eigenvalue weighted by Crippen LogP contribution is -2.46. The van der Waals surface area contributed by atoms with E-state index in [1.807, 2.05) is 66.4 Å². The standard InChI is InChI=1S/C29H28N4O3/c1-2-36-23-9-7-21(8-10-23)29(35)33-17-13-22(14-18-33)31-28(34)25-19-27(20-11-15-30-16-12-20)32-26-6-4-3-5-24(25)26/h3-12,15-16,19,22H,2,13-14,17-18H2,1H3,(H,31,34). The fourth-order valence-electron chi connectivity index (χ4n) is 4.57. The van der Waals surface area contributed by atoms with Gasteiger partial charge in [0.1, 0.15) is 5.75 Å². The molecule has 0 atom stereocenters. The predicted molar refractivity (Wildman–Crippen MR) is 139 cm³/mol. The summed E-state index contributed by atoms with van der Waals surface area (Å²) < 4.78 is 5.46. The Morgan fingerprint density at radius 3 is 2.44 bits per heavy atom. The molecular formula is C29H28N4O3. The summed E-state index contributed by atoms with van der Waals surface area (Å²) in [5.41, 5.74) is 3.66. The first-order valence-electron chi connectivity index (χ1n) is 12.3. The van der Waals surface area contributed by atoms with Crippen molar-refractivity contribution in [1.82, 2.24) is 20.2 Å². The van der Waals surface area contributed by atoms with Gasteiger partial charge >= 0.3 is 0 Å². The Kier molecular flexibility index (Phi) is 6.89. The van der Waals surface area contributed by atoms with E-state index in [1.54, 1.807) is 24.5 Å². The summed E-state index contributed by atoms with van der Waals surface area (Å²) >= 11 is 0. The molecule has 4 aromatic rings. The minimum Gasteiger partial charge on any atom is -0.494 e. The van der Waals surface area contributed by atoms with E-state index >= 15 is 0 Å². The van der Waals surface area contributed by atoms with E-state index in [-0.39, 0.29) is 17.9 Å². The van der Waals surface area contributed by atoms with Gasteiger partial charge in [-0.25, -0.2) is 4.98 Å². The largest absolute Gasteiger partial charge is 0.494 e. The van der Waals surface area contributed by atoms with Crippen molar-refractivity contribution in [3.63, 3.8) is 0 Å². The van der Waals surface area contributed by atoms with E-state index in [0.29, 0.717) is 43.7 Å². The topological polar surface area (TPSA) is 84.4 Å². The first-order valence-corrected chi connectivity index (χ1v) is 12.3. The zero-order chi connectivity index (χ0) is 24.9. The van der Waals surface area contributed by atoms with Gasteiger partial charge in [-0.2, -0.15) is 0 Å². The summed E-state index contributed by atoms with van der Waals surface area (Å²) in [5, 5.41) is 4.01. The number of ether oxygens (including phenoxy) is 1. The number of likely N-dealkylation sites (tertiary alicyclic amines) is 1. The van der Waals surface area contributed by atoms with Crippen LogP contribution in [0.5, 0.6) is 5.75 Å². The Bertz CT molecular complexity index is 1360. The quantitative estimate of drug-likeness (QED) is 0.431. The molecule has 182 valence electrons. The third-order valence-electron chi connectivity index (χ3n) is 6.47. The highest BCUT2D eigenvalue weighted by molar-refractivity contribution is 6.07. The van der Waals surface area contributed by atoms with Crippen molar-refractivity contribution in [2.75, 3.05) is 19.7 Å². The highest BCUT2D eigenvalue weighted by Gasteiger charge is 2.25. The monoisotopic (exact) mass is 480 g/mol. The molecule has 1 N–H and O–H groups in total. The maximum Gasteiger partial charge on any atom is 0.253 e. The molecule has 2 amide bonds. The lowest BCUT2D eigenvalue weighted by atomic mass is 10.0. The van der Waals surface area contributed by atoms with E-state index in [1.165, 1.54) is 0 Å². The molecule has 2 aromatic heterocycles. The summed E-state index contributed by atoms with van der Waals surface area (Å²) in [6.45, 7) is 3.71. The summed E-state index contributed by atoms with van der Waals surface area (Å²) in [4.78, 5) is 37.0. The number of pyridine rings is 2. The average Bonchev–Trinajstić information content (AvgIpc) is 2.93.